The highest BCUT2D eigenvalue weighted by Gasteiger charge is 2.10. The van der Waals surface area contributed by atoms with Crippen LogP contribution in [0.5, 0.6) is 5.75 Å². The fraction of sp³-hybridized carbons (Fsp3) is 0.308. The molecular formula is C13H14N2O4. The minimum absolute atomic E-state index is 0.0981. The number of benzene rings is 1. The number of amides is 1. The van der Waals surface area contributed by atoms with Crippen molar-refractivity contribution in [1.29, 1.82) is 5.26 Å². The van der Waals surface area contributed by atoms with Crippen molar-refractivity contribution in [2.45, 2.75) is 6.42 Å². The molecule has 0 saturated heterocycles. The monoisotopic (exact) mass is 262 g/mol. The SMILES string of the molecule is CN(CCC(=O)O)C(=O)COc1ccc(C#N)cc1. The van der Waals surface area contributed by atoms with Crippen molar-refractivity contribution >= 4 is 11.9 Å². The molecule has 1 rings (SSSR count). The third-order valence-corrected chi connectivity index (χ3v) is 2.43. The molecule has 0 bridgehead atoms. The van der Waals surface area contributed by atoms with Crippen LogP contribution in [0.2, 0.25) is 0 Å². The van der Waals surface area contributed by atoms with E-state index in [1.165, 1.54) is 11.9 Å². The van der Waals surface area contributed by atoms with Gasteiger partial charge in [-0.25, -0.2) is 0 Å². The highest BCUT2D eigenvalue weighted by atomic mass is 16.5. The molecule has 0 atom stereocenters. The maximum atomic E-state index is 11.6. The molecule has 0 aliphatic carbocycles. The molecule has 6 nitrogen and oxygen atoms in total. The maximum Gasteiger partial charge on any atom is 0.305 e. The second-order valence-electron chi connectivity index (χ2n) is 3.88. The minimum Gasteiger partial charge on any atom is -0.484 e. The van der Waals surface area contributed by atoms with Crippen LogP contribution < -0.4 is 4.74 Å². The minimum atomic E-state index is -0.951. The first-order valence-electron chi connectivity index (χ1n) is 5.61. The molecule has 0 unspecified atom stereocenters. The number of carbonyl (C=O) groups is 2. The van der Waals surface area contributed by atoms with Gasteiger partial charge < -0.3 is 14.7 Å². The number of ether oxygens (including phenoxy) is 1. The van der Waals surface area contributed by atoms with Crippen molar-refractivity contribution in [3.63, 3.8) is 0 Å². The van der Waals surface area contributed by atoms with Gasteiger partial charge in [0.1, 0.15) is 5.75 Å². The van der Waals surface area contributed by atoms with E-state index in [2.05, 4.69) is 0 Å². The third-order valence-electron chi connectivity index (χ3n) is 2.43. The molecule has 1 N–H and O–H groups in total. The van der Waals surface area contributed by atoms with Gasteiger partial charge in [-0.1, -0.05) is 0 Å². The van der Waals surface area contributed by atoms with Crippen LogP contribution >= 0.6 is 0 Å². The van der Waals surface area contributed by atoms with Crippen LogP contribution in [0.15, 0.2) is 24.3 Å². The largest absolute Gasteiger partial charge is 0.484 e. The molecule has 0 spiro atoms. The zero-order chi connectivity index (χ0) is 14.3. The summed E-state index contributed by atoms with van der Waals surface area (Å²) >= 11 is 0. The average Bonchev–Trinajstić information content (AvgIpc) is 2.42. The van der Waals surface area contributed by atoms with Gasteiger partial charge in [-0.15, -0.1) is 0 Å². The summed E-state index contributed by atoms with van der Waals surface area (Å²) in [6.45, 7) is -0.0209. The first-order valence-corrected chi connectivity index (χ1v) is 5.61. The molecule has 0 heterocycles. The number of carbonyl (C=O) groups excluding carboxylic acids is 1. The fourth-order valence-corrected chi connectivity index (χ4v) is 1.27. The number of likely N-dealkylation sites (N-methyl/N-ethyl adjacent to an activating group) is 1. The Bertz CT molecular complexity index is 490. The van der Waals surface area contributed by atoms with Crippen molar-refractivity contribution in [3.8, 4) is 11.8 Å². The first-order chi connectivity index (χ1) is 9.02. The van der Waals surface area contributed by atoms with E-state index in [1.54, 1.807) is 24.3 Å². The van der Waals surface area contributed by atoms with Crippen molar-refractivity contribution in [2.75, 3.05) is 20.2 Å². The van der Waals surface area contributed by atoms with E-state index in [-0.39, 0.29) is 25.5 Å². The van der Waals surface area contributed by atoms with Gasteiger partial charge in [0.25, 0.3) is 5.91 Å². The summed E-state index contributed by atoms with van der Waals surface area (Å²) in [4.78, 5) is 23.3. The lowest BCUT2D eigenvalue weighted by Crippen LogP contribution is -2.33. The van der Waals surface area contributed by atoms with Gasteiger partial charge in [-0.3, -0.25) is 9.59 Å². The van der Waals surface area contributed by atoms with E-state index >= 15 is 0 Å². The smallest absolute Gasteiger partial charge is 0.305 e. The Morgan fingerprint density at radius 1 is 1.37 bits per heavy atom. The average molecular weight is 262 g/mol. The molecule has 100 valence electrons. The Morgan fingerprint density at radius 3 is 2.53 bits per heavy atom. The van der Waals surface area contributed by atoms with E-state index < -0.39 is 5.97 Å². The van der Waals surface area contributed by atoms with E-state index in [1.807, 2.05) is 6.07 Å². The van der Waals surface area contributed by atoms with Crippen LogP contribution in [0.4, 0.5) is 0 Å². The first kappa shape index (κ1) is 14.5. The van der Waals surface area contributed by atoms with E-state index in [9.17, 15) is 9.59 Å². The van der Waals surface area contributed by atoms with Crippen LogP contribution in [0.25, 0.3) is 0 Å². The molecule has 1 aromatic rings. The summed E-state index contributed by atoms with van der Waals surface area (Å²) in [5.74, 6) is -0.766. The number of nitrogens with zero attached hydrogens (tertiary/aromatic N) is 2. The predicted octanol–water partition coefficient (Wildman–Crippen LogP) is 0.870. The van der Waals surface area contributed by atoms with Crippen molar-refractivity contribution in [1.82, 2.24) is 4.90 Å². The van der Waals surface area contributed by atoms with E-state index in [4.69, 9.17) is 15.1 Å². The standard InChI is InChI=1S/C13H14N2O4/c1-15(7-6-13(17)18)12(16)9-19-11-4-2-10(8-14)3-5-11/h2-5H,6-7,9H2,1H3,(H,17,18). The Kier molecular flexibility index (Phi) is 5.35. The Balaban J connectivity index is 2.40. The topological polar surface area (TPSA) is 90.6 Å². The predicted molar refractivity (Wildman–Crippen MR) is 66.5 cm³/mol. The molecule has 19 heavy (non-hydrogen) atoms. The summed E-state index contributed by atoms with van der Waals surface area (Å²) in [6.07, 6.45) is -0.0981. The Morgan fingerprint density at radius 2 is 2.00 bits per heavy atom. The second kappa shape index (κ2) is 7.01. The highest BCUT2D eigenvalue weighted by Crippen LogP contribution is 2.11. The number of rotatable bonds is 6. The molecule has 0 radical (unpaired) electrons. The normalized spacial score (nSPS) is 9.47. The van der Waals surface area contributed by atoms with Crippen LogP contribution in [-0.2, 0) is 9.59 Å². The van der Waals surface area contributed by atoms with Crippen LogP contribution in [0.3, 0.4) is 0 Å². The molecular weight excluding hydrogens is 248 g/mol. The number of hydrogen-bond acceptors (Lipinski definition) is 4. The molecule has 6 heteroatoms. The van der Waals surface area contributed by atoms with Gasteiger partial charge in [0.15, 0.2) is 6.61 Å². The Labute approximate surface area is 110 Å². The van der Waals surface area contributed by atoms with Gasteiger partial charge in [0.2, 0.25) is 0 Å². The highest BCUT2D eigenvalue weighted by molar-refractivity contribution is 5.78. The number of carboxylic acids is 1. The molecule has 0 saturated carbocycles. The lowest BCUT2D eigenvalue weighted by Gasteiger charge is -2.16. The lowest BCUT2D eigenvalue weighted by atomic mass is 10.2. The lowest BCUT2D eigenvalue weighted by molar-refractivity contribution is -0.138. The molecule has 0 fully saturated rings. The van der Waals surface area contributed by atoms with Crippen molar-refractivity contribution < 1.29 is 19.4 Å². The van der Waals surface area contributed by atoms with Crippen LogP contribution in [0, 0.1) is 11.3 Å². The summed E-state index contributed by atoms with van der Waals surface area (Å²) in [5, 5.41) is 17.1. The molecule has 0 aromatic heterocycles. The quantitative estimate of drug-likeness (QED) is 0.821. The van der Waals surface area contributed by atoms with Gasteiger partial charge in [-0.2, -0.15) is 5.26 Å². The van der Waals surface area contributed by atoms with Crippen LogP contribution in [0.1, 0.15) is 12.0 Å². The maximum absolute atomic E-state index is 11.6. The summed E-state index contributed by atoms with van der Waals surface area (Å²) in [5.41, 5.74) is 0.511. The zero-order valence-electron chi connectivity index (χ0n) is 10.5. The summed E-state index contributed by atoms with van der Waals surface area (Å²) in [6, 6.07) is 8.36. The number of aliphatic carboxylic acids is 1. The zero-order valence-corrected chi connectivity index (χ0v) is 10.5. The number of hydrogen-bond donors (Lipinski definition) is 1. The third kappa shape index (κ3) is 5.08. The molecule has 0 aliphatic heterocycles. The molecule has 1 amide bonds. The van der Waals surface area contributed by atoms with Gasteiger partial charge in [0, 0.05) is 13.6 Å². The van der Waals surface area contributed by atoms with Gasteiger partial charge in [-0.05, 0) is 24.3 Å². The van der Waals surface area contributed by atoms with Crippen molar-refractivity contribution in [3.05, 3.63) is 29.8 Å². The Hall–Kier alpha value is -2.55. The fourth-order valence-electron chi connectivity index (χ4n) is 1.27. The molecule has 1 aromatic carbocycles. The van der Waals surface area contributed by atoms with Crippen LogP contribution in [-0.4, -0.2) is 42.1 Å². The number of nitriles is 1. The van der Waals surface area contributed by atoms with Gasteiger partial charge >= 0.3 is 5.97 Å². The number of carboxylic acid groups (broad SMARTS) is 1. The van der Waals surface area contributed by atoms with E-state index in [0.717, 1.165) is 0 Å². The van der Waals surface area contributed by atoms with Crippen molar-refractivity contribution in [2.24, 2.45) is 0 Å². The van der Waals surface area contributed by atoms with Gasteiger partial charge in [0.05, 0.1) is 18.1 Å². The second-order valence-corrected chi connectivity index (χ2v) is 3.88. The molecule has 0 aliphatic rings. The van der Waals surface area contributed by atoms with E-state index in [0.29, 0.717) is 11.3 Å². The summed E-state index contributed by atoms with van der Waals surface area (Å²) < 4.78 is 5.25. The summed E-state index contributed by atoms with van der Waals surface area (Å²) in [7, 11) is 1.52.